The molecule has 0 aliphatic carbocycles. The van der Waals surface area contributed by atoms with E-state index in [1.165, 1.54) is 0 Å². The molecule has 3 aromatic rings. The Kier molecular flexibility index (Phi) is 4.16. The van der Waals surface area contributed by atoms with Gasteiger partial charge in [0.15, 0.2) is 17.5 Å². The Morgan fingerprint density at radius 3 is 1.76 bits per heavy atom. The topological polar surface area (TPSA) is 50.7 Å². The van der Waals surface area contributed by atoms with Gasteiger partial charge in [-0.2, -0.15) is 0 Å². The minimum atomic E-state index is 0.639. The first-order valence-corrected chi connectivity index (χ1v) is 8.07. The Balaban J connectivity index is 1.88. The average Bonchev–Trinajstić information content (AvgIpc) is 2.99. The predicted octanol–water partition coefficient (Wildman–Crippen LogP) is 4.22. The normalized spacial score (nSPS) is 13.0. The fourth-order valence-corrected chi connectivity index (χ4v) is 2.53. The third kappa shape index (κ3) is 3.38. The number of hydrogen-bond donors (Lipinski definition) is 1. The summed E-state index contributed by atoms with van der Waals surface area (Å²) in [5.74, 6) is 1.96. The first-order valence-electron chi connectivity index (χ1n) is 8.07. The van der Waals surface area contributed by atoms with Gasteiger partial charge >= 0.3 is 0 Å². The molecule has 1 aromatic heterocycles. The molecule has 0 atom stereocenters. The standard InChI is InChI=1S/C21H16N4/c1-3-9-16(10-4-1)19-23-20(17-11-5-2-6-12-17)25-21(24-19)18-13-7-8-14-22-15-18/h1-15,22H. The molecule has 1 aliphatic heterocycles. The van der Waals surface area contributed by atoms with Gasteiger partial charge in [-0.1, -0.05) is 66.7 Å². The molecule has 1 N–H and O–H groups in total. The first-order chi connectivity index (χ1) is 12.4. The van der Waals surface area contributed by atoms with E-state index in [9.17, 15) is 0 Å². The van der Waals surface area contributed by atoms with Crippen LogP contribution >= 0.6 is 0 Å². The first kappa shape index (κ1) is 15.0. The second-order valence-electron chi connectivity index (χ2n) is 5.52. The van der Waals surface area contributed by atoms with Gasteiger partial charge in [-0.15, -0.1) is 0 Å². The summed E-state index contributed by atoms with van der Waals surface area (Å²) in [5.41, 5.74) is 2.84. The summed E-state index contributed by atoms with van der Waals surface area (Å²) >= 11 is 0. The summed E-state index contributed by atoms with van der Waals surface area (Å²) in [7, 11) is 0. The van der Waals surface area contributed by atoms with Crippen LogP contribution in [0.5, 0.6) is 0 Å². The number of allylic oxidation sites excluding steroid dienone is 4. The van der Waals surface area contributed by atoms with Crippen molar-refractivity contribution in [3.8, 4) is 22.8 Å². The van der Waals surface area contributed by atoms with Gasteiger partial charge in [0, 0.05) is 29.1 Å². The Morgan fingerprint density at radius 2 is 1.16 bits per heavy atom. The Bertz CT molecular complexity index is 900. The fraction of sp³-hybridized carbons (Fsp3) is 0. The van der Waals surface area contributed by atoms with Crippen LogP contribution in [0.4, 0.5) is 0 Å². The molecule has 0 amide bonds. The molecule has 2 heterocycles. The van der Waals surface area contributed by atoms with E-state index < -0.39 is 0 Å². The van der Waals surface area contributed by atoms with Crippen molar-refractivity contribution in [3.63, 3.8) is 0 Å². The van der Waals surface area contributed by atoms with Gasteiger partial charge in [0.05, 0.1) is 0 Å². The molecule has 4 heteroatoms. The highest BCUT2D eigenvalue weighted by Crippen LogP contribution is 2.23. The van der Waals surface area contributed by atoms with E-state index >= 15 is 0 Å². The minimum absolute atomic E-state index is 0.639. The van der Waals surface area contributed by atoms with E-state index in [2.05, 4.69) is 20.3 Å². The summed E-state index contributed by atoms with van der Waals surface area (Å²) in [5, 5.41) is 3.11. The molecule has 0 fully saturated rings. The smallest absolute Gasteiger partial charge is 0.165 e. The summed E-state index contributed by atoms with van der Waals surface area (Å²) < 4.78 is 0. The van der Waals surface area contributed by atoms with Crippen LogP contribution < -0.4 is 5.32 Å². The highest BCUT2D eigenvalue weighted by atomic mass is 15.0. The number of nitrogens with one attached hydrogen (secondary N) is 1. The molecule has 0 saturated heterocycles. The van der Waals surface area contributed by atoms with Crippen molar-refractivity contribution in [2.45, 2.75) is 0 Å². The Morgan fingerprint density at radius 1 is 0.600 bits per heavy atom. The van der Waals surface area contributed by atoms with Crippen molar-refractivity contribution in [2.75, 3.05) is 0 Å². The summed E-state index contributed by atoms with van der Waals surface area (Å²) in [4.78, 5) is 14.1. The maximum Gasteiger partial charge on any atom is 0.165 e. The molecule has 0 radical (unpaired) electrons. The Labute approximate surface area is 146 Å². The molecule has 4 nitrogen and oxygen atoms in total. The van der Waals surface area contributed by atoms with Crippen molar-refractivity contribution in [3.05, 3.63) is 97.1 Å². The van der Waals surface area contributed by atoms with E-state index in [-0.39, 0.29) is 0 Å². The van der Waals surface area contributed by atoms with Crippen LogP contribution in [0.3, 0.4) is 0 Å². The monoisotopic (exact) mass is 324 g/mol. The number of benzene rings is 2. The zero-order valence-corrected chi connectivity index (χ0v) is 13.5. The van der Waals surface area contributed by atoms with Crippen molar-refractivity contribution in [2.24, 2.45) is 0 Å². The van der Waals surface area contributed by atoms with Gasteiger partial charge in [0.25, 0.3) is 0 Å². The van der Waals surface area contributed by atoms with E-state index in [1.54, 1.807) is 0 Å². The van der Waals surface area contributed by atoms with Crippen LogP contribution in [-0.2, 0) is 0 Å². The third-order valence-electron chi connectivity index (χ3n) is 3.78. The lowest BCUT2D eigenvalue weighted by molar-refractivity contribution is 1.03. The summed E-state index contributed by atoms with van der Waals surface area (Å²) in [6.07, 6.45) is 9.62. The lowest BCUT2D eigenvalue weighted by atomic mass is 10.1. The van der Waals surface area contributed by atoms with Crippen LogP contribution in [0.1, 0.15) is 5.82 Å². The van der Waals surface area contributed by atoms with Crippen molar-refractivity contribution < 1.29 is 0 Å². The number of rotatable bonds is 3. The molecule has 0 unspecified atom stereocenters. The van der Waals surface area contributed by atoms with Crippen LogP contribution in [0.25, 0.3) is 28.3 Å². The molecule has 0 spiro atoms. The van der Waals surface area contributed by atoms with E-state index in [0.29, 0.717) is 17.5 Å². The molecule has 120 valence electrons. The Hall–Kier alpha value is -3.53. The maximum absolute atomic E-state index is 4.68. The highest BCUT2D eigenvalue weighted by Gasteiger charge is 2.12. The van der Waals surface area contributed by atoms with Gasteiger partial charge in [0.1, 0.15) is 0 Å². The van der Waals surface area contributed by atoms with Crippen LogP contribution in [0, 0.1) is 0 Å². The van der Waals surface area contributed by atoms with Crippen LogP contribution in [0.2, 0.25) is 0 Å². The van der Waals surface area contributed by atoms with Gasteiger partial charge < -0.3 is 5.32 Å². The molecular formula is C21H16N4. The zero-order chi connectivity index (χ0) is 16.9. The van der Waals surface area contributed by atoms with Crippen molar-refractivity contribution in [1.82, 2.24) is 20.3 Å². The molecule has 25 heavy (non-hydrogen) atoms. The number of hydrogen-bond acceptors (Lipinski definition) is 4. The van der Waals surface area contributed by atoms with Gasteiger partial charge in [-0.25, -0.2) is 15.0 Å². The molecule has 4 rings (SSSR count). The van der Waals surface area contributed by atoms with Gasteiger partial charge in [-0.3, -0.25) is 0 Å². The summed E-state index contributed by atoms with van der Waals surface area (Å²) in [6, 6.07) is 19.9. The van der Waals surface area contributed by atoms with Crippen molar-refractivity contribution >= 4 is 5.57 Å². The molecule has 2 aromatic carbocycles. The van der Waals surface area contributed by atoms with Crippen molar-refractivity contribution in [1.29, 1.82) is 0 Å². The molecule has 0 bridgehead atoms. The summed E-state index contributed by atoms with van der Waals surface area (Å²) in [6.45, 7) is 0. The fourth-order valence-electron chi connectivity index (χ4n) is 2.53. The van der Waals surface area contributed by atoms with E-state index in [1.807, 2.05) is 91.3 Å². The van der Waals surface area contributed by atoms with Gasteiger partial charge in [-0.05, 0) is 12.2 Å². The molecule has 1 aliphatic rings. The maximum atomic E-state index is 4.68. The number of nitrogens with zero attached hydrogens (tertiary/aromatic N) is 3. The van der Waals surface area contributed by atoms with Crippen LogP contribution in [0.15, 0.2) is 91.3 Å². The van der Waals surface area contributed by atoms with E-state index in [0.717, 1.165) is 16.7 Å². The zero-order valence-electron chi connectivity index (χ0n) is 13.5. The molecular weight excluding hydrogens is 308 g/mol. The second kappa shape index (κ2) is 6.93. The quantitative estimate of drug-likeness (QED) is 0.784. The third-order valence-corrected chi connectivity index (χ3v) is 3.78. The average molecular weight is 324 g/mol. The van der Waals surface area contributed by atoms with E-state index in [4.69, 9.17) is 0 Å². The minimum Gasteiger partial charge on any atom is -0.367 e. The van der Waals surface area contributed by atoms with Crippen LogP contribution in [-0.4, -0.2) is 15.0 Å². The number of aromatic nitrogens is 3. The lowest BCUT2D eigenvalue weighted by Crippen LogP contribution is -2.03. The lowest BCUT2D eigenvalue weighted by Gasteiger charge is -2.08. The highest BCUT2D eigenvalue weighted by molar-refractivity contribution is 5.73. The molecule has 0 saturated carbocycles. The second-order valence-corrected chi connectivity index (χ2v) is 5.52. The van der Waals surface area contributed by atoms with Gasteiger partial charge in [0.2, 0.25) is 0 Å². The largest absolute Gasteiger partial charge is 0.367 e. The SMILES string of the molecule is C1=CNC=C(c2nc(-c3ccccc3)nc(-c3ccccc3)n2)C=C1. The predicted molar refractivity (Wildman–Crippen MR) is 100 cm³/mol.